The van der Waals surface area contributed by atoms with Crippen molar-refractivity contribution in [3.63, 3.8) is 0 Å². The standard InChI is InChI=1S/C23H25N3O/c1-17(24-20-10-12-22(13-11-20)26-14-4-5-15-26)23(27)25-21-9-8-18-6-2-3-7-19(18)16-21/h2-3,6-13,16-17,24H,4-5,14-15H2,1H3,(H,25,27)/t17-/m1/s1. The maximum atomic E-state index is 12.5. The number of carbonyl (C=O) groups excluding carboxylic acids is 1. The molecule has 3 aromatic carbocycles. The molecule has 0 spiro atoms. The number of anilines is 3. The Kier molecular flexibility index (Phi) is 4.97. The van der Waals surface area contributed by atoms with Crippen molar-refractivity contribution in [2.45, 2.75) is 25.8 Å². The average molecular weight is 359 g/mol. The second-order valence-electron chi connectivity index (χ2n) is 7.16. The predicted molar refractivity (Wildman–Crippen MR) is 114 cm³/mol. The summed E-state index contributed by atoms with van der Waals surface area (Å²) in [5, 5.41) is 8.57. The van der Waals surface area contributed by atoms with Gasteiger partial charge in [0, 0.05) is 30.2 Å². The SMILES string of the molecule is C[C@@H](Nc1ccc(N2CCCC2)cc1)C(=O)Nc1ccc2ccccc2c1. The molecule has 4 nitrogen and oxygen atoms in total. The highest BCUT2D eigenvalue weighted by Gasteiger charge is 2.15. The maximum Gasteiger partial charge on any atom is 0.246 e. The molecule has 0 saturated carbocycles. The Morgan fingerprint density at radius 3 is 2.30 bits per heavy atom. The van der Waals surface area contributed by atoms with Gasteiger partial charge in [-0.05, 0) is 66.9 Å². The van der Waals surface area contributed by atoms with Crippen molar-refractivity contribution in [3.05, 3.63) is 66.7 Å². The summed E-state index contributed by atoms with van der Waals surface area (Å²) in [5.74, 6) is -0.0473. The smallest absolute Gasteiger partial charge is 0.246 e. The van der Waals surface area contributed by atoms with E-state index in [0.717, 1.165) is 29.9 Å². The summed E-state index contributed by atoms with van der Waals surface area (Å²) in [4.78, 5) is 14.9. The van der Waals surface area contributed by atoms with E-state index in [-0.39, 0.29) is 11.9 Å². The third-order valence-electron chi connectivity index (χ3n) is 5.13. The molecule has 0 aliphatic carbocycles. The summed E-state index contributed by atoms with van der Waals surface area (Å²) in [6.45, 7) is 4.15. The van der Waals surface area contributed by atoms with Crippen LogP contribution in [0.2, 0.25) is 0 Å². The molecule has 1 fully saturated rings. The van der Waals surface area contributed by atoms with Crippen molar-refractivity contribution < 1.29 is 4.79 Å². The second kappa shape index (κ2) is 7.70. The molecule has 1 heterocycles. The fourth-order valence-electron chi connectivity index (χ4n) is 3.58. The van der Waals surface area contributed by atoms with Gasteiger partial charge in [-0.25, -0.2) is 0 Å². The van der Waals surface area contributed by atoms with Crippen molar-refractivity contribution in [1.82, 2.24) is 0 Å². The van der Waals surface area contributed by atoms with E-state index in [1.807, 2.05) is 49.4 Å². The van der Waals surface area contributed by atoms with Crippen LogP contribution in [0.15, 0.2) is 66.7 Å². The first-order valence-electron chi connectivity index (χ1n) is 9.60. The zero-order chi connectivity index (χ0) is 18.6. The number of amides is 1. The average Bonchev–Trinajstić information content (AvgIpc) is 3.23. The molecule has 1 amide bonds. The van der Waals surface area contributed by atoms with E-state index < -0.39 is 0 Å². The zero-order valence-electron chi connectivity index (χ0n) is 15.6. The highest BCUT2D eigenvalue weighted by molar-refractivity contribution is 5.98. The largest absolute Gasteiger partial charge is 0.374 e. The van der Waals surface area contributed by atoms with Gasteiger partial charge in [0.05, 0.1) is 0 Å². The lowest BCUT2D eigenvalue weighted by Gasteiger charge is -2.19. The predicted octanol–water partition coefficient (Wildman–Crippen LogP) is 4.88. The Labute approximate surface area is 160 Å². The number of fused-ring (bicyclic) bond motifs is 1. The first kappa shape index (κ1) is 17.4. The fourth-order valence-corrected chi connectivity index (χ4v) is 3.58. The maximum absolute atomic E-state index is 12.5. The number of hydrogen-bond acceptors (Lipinski definition) is 3. The van der Waals surface area contributed by atoms with Crippen molar-refractivity contribution in [1.29, 1.82) is 0 Å². The Balaban J connectivity index is 1.38. The Morgan fingerprint density at radius 1 is 0.889 bits per heavy atom. The second-order valence-corrected chi connectivity index (χ2v) is 7.16. The van der Waals surface area contributed by atoms with Gasteiger partial charge in [0.2, 0.25) is 5.91 Å². The van der Waals surface area contributed by atoms with Gasteiger partial charge in [-0.15, -0.1) is 0 Å². The highest BCUT2D eigenvalue weighted by Crippen LogP contribution is 2.23. The van der Waals surface area contributed by atoms with Gasteiger partial charge >= 0.3 is 0 Å². The molecule has 1 saturated heterocycles. The molecule has 0 unspecified atom stereocenters. The molecular formula is C23H25N3O. The quantitative estimate of drug-likeness (QED) is 0.682. The van der Waals surface area contributed by atoms with Crippen LogP contribution in [0.5, 0.6) is 0 Å². The molecule has 138 valence electrons. The van der Waals surface area contributed by atoms with E-state index in [2.05, 4.69) is 39.8 Å². The van der Waals surface area contributed by atoms with Gasteiger partial charge in [0.25, 0.3) is 0 Å². The van der Waals surface area contributed by atoms with Crippen LogP contribution in [0.4, 0.5) is 17.1 Å². The lowest BCUT2D eigenvalue weighted by molar-refractivity contribution is -0.116. The van der Waals surface area contributed by atoms with Crippen molar-refractivity contribution in [2.24, 2.45) is 0 Å². The Hall–Kier alpha value is -3.01. The zero-order valence-corrected chi connectivity index (χ0v) is 15.6. The van der Waals surface area contributed by atoms with Gasteiger partial charge in [-0.2, -0.15) is 0 Å². The van der Waals surface area contributed by atoms with Crippen molar-refractivity contribution in [3.8, 4) is 0 Å². The molecule has 4 heteroatoms. The number of hydrogen-bond donors (Lipinski definition) is 2. The van der Waals surface area contributed by atoms with Gasteiger partial charge in [-0.1, -0.05) is 30.3 Å². The third kappa shape index (κ3) is 4.05. The van der Waals surface area contributed by atoms with Crippen molar-refractivity contribution >= 4 is 33.7 Å². The summed E-state index contributed by atoms with van der Waals surface area (Å²) in [6, 6.07) is 22.1. The van der Waals surface area contributed by atoms with Crippen LogP contribution in [-0.2, 0) is 4.79 Å². The van der Waals surface area contributed by atoms with Gasteiger partial charge < -0.3 is 15.5 Å². The molecule has 0 aromatic heterocycles. The minimum atomic E-state index is -0.325. The van der Waals surface area contributed by atoms with E-state index in [9.17, 15) is 4.79 Å². The molecule has 0 bridgehead atoms. The van der Waals surface area contributed by atoms with Crippen LogP contribution in [0.25, 0.3) is 10.8 Å². The summed E-state index contributed by atoms with van der Waals surface area (Å²) in [5.41, 5.74) is 3.03. The first-order chi connectivity index (χ1) is 13.2. The number of nitrogens with zero attached hydrogens (tertiary/aromatic N) is 1. The van der Waals surface area contributed by atoms with Crippen LogP contribution in [0.3, 0.4) is 0 Å². The van der Waals surface area contributed by atoms with Crippen LogP contribution >= 0.6 is 0 Å². The molecule has 4 rings (SSSR count). The lowest BCUT2D eigenvalue weighted by atomic mass is 10.1. The molecule has 1 aliphatic heterocycles. The topological polar surface area (TPSA) is 44.4 Å². The molecule has 1 atom stereocenters. The third-order valence-corrected chi connectivity index (χ3v) is 5.13. The number of rotatable bonds is 5. The van der Waals surface area contributed by atoms with Crippen molar-refractivity contribution in [2.75, 3.05) is 28.6 Å². The molecular weight excluding hydrogens is 334 g/mol. The summed E-state index contributed by atoms with van der Waals surface area (Å²) in [6.07, 6.45) is 2.54. The molecule has 1 aliphatic rings. The number of benzene rings is 3. The van der Waals surface area contributed by atoms with E-state index >= 15 is 0 Å². The number of carbonyl (C=O) groups is 1. The van der Waals surface area contributed by atoms with E-state index in [1.165, 1.54) is 23.9 Å². The highest BCUT2D eigenvalue weighted by atomic mass is 16.2. The molecule has 0 radical (unpaired) electrons. The summed E-state index contributed by atoms with van der Waals surface area (Å²) >= 11 is 0. The lowest BCUT2D eigenvalue weighted by Crippen LogP contribution is -2.31. The summed E-state index contributed by atoms with van der Waals surface area (Å²) < 4.78 is 0. The van der Waals surface area contributed by atoms with Crippen LogP contribution in [0, 0.1) is 0 Å². The number of nitrogens with one attached hydrogen (secondary N) is 2. The molecule has 3 aromatic rings. The minimum absolute atomic E-state index is 0.0473. The minimum Gasteiger partial charge on any atom is -0.374 e. The van der Waals surface area contributed by atoms with E-state index in [0.29, 0.717) is 0 Å². The van der Waals surface area contributed by atoms with Gasteiger partial charge in [0.1, 0.15) is 6.04 Å². The van der Waals surface area contributed by atoms with Crippen LogP contribution in [-0.4, -0.2) is 25.0 Å². The normalized spacial score (nSPS) is 14.9. The Morgan fingerprint density at radius 2 is 1.56 bits per heavy atom. The van der Waals surface area contributed by atoms with Crippen LogP contribution < -0.4 is 15.5 Å². The first-order valence-corrected chi connectivity index (χ1v) is 9.60. The Bertz CT molecular complexity index is 930. The van der Waals surface area contributed by atoms with Crippen LogP contribution in [0.1, 0.15) is 19.8 Å². The van der Waals surface area contributed by atoms with Gasteiger partial charge in [-0.3, -0.25) is 4.79 Å². The summed E-state index contributed by atoms with van der Waals surface area (Å²) in [7, 11) is 0. The molecule has 27 heavy (non-hydrogen) atoms. The van der Waals surface area contributed by atoms with E-state index in [4.69, 9.17) is 0 Å². The fraction of sp³-hybridized carbons (Fsp3) is 0.261. The van der Waals surface area contributed by atoms with Gasteiger partial charge in [0.15, 0.2) is 0 Å². The molecule has 2 N–H and O–H groups in total. The van der Waals surface area contributed by atoms with E-state index in [1.54, 1.807) is 0 Å². The monoisotopic (exact) mass is 359 g/mol.